The highest BCUT2D eigenvalue weighted by Gasteiger charge is 2.42. The Morgan fingerprint density at radius 3 is 2.51 bits per heavy atom. The quantitative estimate of drug-likeness (QED) is 0.482. The summed E-state index contributed by atoms with van der Waals surface area (Å²) in [6.45, 7) is 4.53. The molecule has 0 unspecified atom stereocenters. The van der Waals surface area contributed by atoms with Crippen molar-refractivity contribution in [3.63, 3.8) is 0 Å². The van der Waals surface area contributed by atoms with Crippen LogP contribution in [0.15, 0.2) is 30.5 Å². The molecule has 1 aliphatic rings. The van der Waals surface area contributed by atoms with Gasteiger partial charge in [-0.1, -0.05) is 0 Å². The number of rotatable bonds is 9. The molecule has 188 valence electrons. The number of nitrogens with zero attached hydrogens (tertiary/aromatic N) is 4. The van der Waals surface area contributed by atoms with E-state index < -0.39 is 11.7 Å². The lowest BCUT2D eigenvalue weighted by Gasteiger charge is -2.47. The van der Waals surface area contributed by atoms with Crippen molar-refractivity contribution >= 4 is 16.7 Å². The average molecular weight is 492 g/mol. The molecule has 2 aromatic heterocycles. The lowest BCUT2D eigenvalue weighted by Crippen LogP contribution is -2.59. The highest BCUT2D eigenvalue weighted by atomic mass is 19.4. The van der Waals surface area contributed by atoms with Crippen molar-refractivity contribution in [3.8, 4) is 11.5 Å². The fraction of sp³-hybridized carbons (Fsp3) is 0.458. The standard InChI is InChI=1S/C24H28F3N5O3/c1-15-30-19-9-20(34-4)21(35-14-23(13-33-3)11-32(2)12-23)8-18(19)22(31-15)29-10-17-7-16(5-6-28-17)24(25,26)27/h5-9H,10-14H2,1-4H3,(H,29,30,31). The molecule has 0 radical (unpaired) electrons. The number of aryl methyl sites for hydroxylation is 1. The van der Waals surface area contributed by atoms with E-state index in [1.54, 1.807) is 33.3 Å². The van der Waals surface area contributed by atoms with Crippen LogP contribution in [0.5, 0.6) is 11.5 Å². The molecule has 0 aliphatic carbocycles. The number of benzene rings is 1. The molecule has 3 heterocycles. The number of hydrogen-bond acceptors (Lipinski definition) is 8. The van der Waals surface area contributed by atoms with Crippen molar-refractivity contribution in [3.05, 3.63) is 47.5 Å². The van der Waals surface area contributed by atoms with E-state index in [2.05, 4.69) is 25.2 Å². The third kappa shape index (κ3) is 5.57. The maximum atomic E-state index is 13.1. The second-order valence-corrected chi connectivity index (χ2v) is 8.92. The zero-order chi connectivity index (χ0) is 25.2. The minimum atomic E-state index is -4.44. The minimum absolute atomic E-state index is 0.0565. The Balaban J connectivity index is 1.61. The van der Waals surface area contributed by atoms with Crippen molar-refractivity contribution in [2.75, 3.05) is 52.9 Å². The van der Waals surface area contributed by atoms with Gasteiger partial charge in [0.2, 0.25) is 0 Å². The number of nitrogens with one attached hydrogen (secondary N) is 1. The van der Waals surface area contributed by atoms with E-state index in [1.165, 1.54) is 0 Å². The van der Waals surface area contributed by atoms with E-state index in [9.17, 15) is 13.2 Å². The molecule has 0 atom stereocenters. The molecule has 8 nitrogen and oxygen atoms in total. The van der Waals surface area contributed by atoms with Crippen LogP contribution in [0.1, 0.15) is 17.1 Å². The van der Waals surface area contributed by atoms with Gasteiger partial charge < -0.3 is 24.4 Å². The largest absolute Gasteiger partial charge is 0.493 e. The van der Waals surface area contributed by atoms with Crippen molar-refractivity contribution < 1.29 is 27.4 Å². The van der Waals surface area contributed by atoms with Crippen LogP contribution in [0, 0.1) is 12.3 Å². The van der Waals surface area contributed by atoms with Gasteiger partial charge in [0, 0.05) is 37.8 Å². The lowest BCUT2D eigenvalue weighted by atomic mass is 9.82. The van der Waals surface area contributed by atoms with E-state index in [0.717, 1.165) is 31.4 Å². The summed E-state index contributed by atoms with van der Waals surface area (Å²) in [5.41, 5.74) is 0.00448. The van der Waals surface area contributed by atoms with Crippen molar-refractivity contribution in [2.24, 2.45) is 5.41 Å². The number of fused-ring (bicyclic) bond motifs is 1. The maximum absolute atomic E-state index is 13.1. The molecule has 1 aromatic carbocycles. The van der Waals surface area contributed by atoms with Gasteiger partial charge in [-0.2, -0.15) is 13.2 Å². The van der Waals surface area contributed by atoms with Crippen LogP contribution in [-0.2, 0) is 17.5 Å². The van der Waals surface area contributed by atoms with Gasteiger partial charge in [0.25, 0.3) is 0 Å². The Kier molecular flexibility index (Phi) is 7.00. The van der Waals surface area contributed by atoms with Gasteiger partial charge in [-0.3, -0.25) is 4.98 Å². The van der Waals surface area contributed by atoms with Gasteiger partial charge in [-0.15, -0.1) is 0 Å². The average Bonchev–Trinajstić information content (AvgIpc) is 2.79. The highest BCUT2D eigenvalue weighted by molar-refractivity contribution is 5.91. The monoisotopic (exact) mass is 491 g/mol. The summed E-state index contributed by atoms with van der Waals surface area (Å²) in [5, 5.41) is 3.76. The van der Waals surface area contributed by atoms with Gasteiger partial charge in [-0.05, 0) is 32.2 Å². The van der Waals surface area contributed by atoms with Crippen LogP contribution in [0.4, 0.5) is 19.0 Å². The van der Waals surface area contributed by atoms with E-state index in [4.69, 9.17) is 14.2 Å². The normalized spacial score (nSPS) is 15.6. The maximum Gasteiger partial charge on any atom is 0.416 e. The van der Waals surface area contributed by atoms with Crippen LogP contribution in [0.25, 0.3) is 10.9 Å². The molecule has 1 saturated heterocycles. The van der Waals surface area contributed by atoms with Gasteiger partial charge in [0.15, 0.2) is 11.5 Å². The minimum Gasteiger partial charge on any atom is -0.493 e. The number of hydrogen-bond donors (Lipinski definition) is 1. The lowest BCUT2D eigenvalue weighted by molar-refractivity contribution is -0.137. The number of aromatic nitrogens is 3. The van der Waals surface area contributed by atoms with Crippen LogP contribution in [-0.4, -0.2) is 67.4 Å². The fourth-order valence-corrected chi connectivity index (χ4v) is 4.45. The Hall–Kier alpha value is -3.18. The Bertz CT molecular complexity index is 1190. The van der Waals surface area contributed by atoms with Crippen LogP contribution < -0.4 is 14.8 Å². The summed E-state index contributed by atoms with van der Waals surface area (Å²) >= 11 is 0. The first kappa shape index (κ1) is 24.9. The van der Waals surface area contributed by atoms with Crippen molar-refractivity contribution in [1.29, 1.82) is 0 Å². The van der Waals surface area contributed by atoms with E-state index in [0.29, 0.717) is 47.3 Å². The van der Waals surface area contributed by atoms with Gasteiger partial charge in [-0.25, -0.2) is 9.97 Å². The topological polar surface area (TPSA) is 81.6 Å². The number of likely N-dealkylation sites (tertiary alicyclic amines) is 1. The molecule has 1 aliphatic heterocycles. The second-order valence-electron chi connectivity index (χ2n) is 8.92. The van der Waals surface area contributed by atoms with E-state index in [1.807, 2.05) is 7.05 Å². The van der Waals surface area contributed by atoms with Gasteiger partial charge in [0.05, 0.1) is 49.1 Å². The first-order chi connectivity index (χ1) is 16.6. The molecule has 11 heteroatoms. The number of ether oxygens (including phenoxy) is 3. The summed E-state index contributed by atoms with van der Waals surface area (Å²) in [4.78, 5) is 15.2. The molecular weight excluding hydrogens is 463 g/mol. The SMILES string of the molecule is COCC1(COc2cc3c(NCc4cc(C(F)(F)F)ccn4)nc(C)nc3cc2OC)CN(C)C1. The molecule has 4 rings (SSSR count). The Labute approximate surface area is 201 Å². The molecule has 0 saturated carbocycles. The predicted molar refractivity (Wildman–Crippen MR) is 125 cm³/mol. The van der Waals surface area contributed by atoms with Crippen LogP contribution >= 0.6 is 0 Å². The van der Waals surface area contributed by atoms with Gasteiger partial charge in [0.1, 0.15) is 11.6 Å². The summed E-state index contributed by atoms with van der Waals surface area (Å²) < 4.78 is 56.3. The molecule has 0 bridgehead atoms. The summed E-state index contributed by atoms with van der Waals surface area (Å²) in [5.74, 6) is 2.03. The van der Waals surface area contributed by atoms with E-state index >= 15 is 0 Å². The molecule has 1 fully saturated rings. The van der Waals surface area contributed by atoms with Crippen LogP contribution in [0.3, 0.4) is 0 Å². The Morgan fingerprint density at radius 2 is 1.86 bits per heavy atom. The summed E-state index contributed by atoms with van der Waals surface area (Å²) in [7, 11) is 5.28. The molecule has 1 N–H and O–H groups in total. The molecule has 0 spiro atoms. The van der Waals surface area contributed by atoms with Gasteiger partial charge >= 0.3 is 6.18 Å². The molecular formula is C24H28F3N5O3. The van der Waals surface area contributed by atoms with Crippen LogP contribution in [0.2, 0.25) is 0 Å². The third-order valence-corrected chi connectivity index (χ3v) is 5.87. The van der Waals surface area contributed by atoms with Crippen molar-refractivity contribution in [2.45, 2.75) is 19.6 Å². The zero-order valence-electron chi connectivity index (χ0n) is 20.1. The number of halogens is 3. The number of methoxy groups -OCH3 is 2. The summed E-state index contributed by atoms with van der Waals surface area (Å²) in [6, 6.07) is 5.52. The molecule has 35 heavy (non-hydrogen) atoms. The van der Waals surface area contributed by atoms with E-state index in [-0.39, 0.29) is 17.7 Å². The number of pyridine rings is 1. The first-order valence-electron chi connectivity index (χ1n) is 11.1. The smallest absolute Gasteiger partial charge is 0.416 e. The predicted octanol–water partition coefficient (Wildman–Crippen LogP) is 3.93. The Morgan fingerprint density at radius 1 is 1.09 bits per heavy atom. The molecule has 3 aromatic rings. The number of anilines is 1. The fourth-order valence-electron chi connectivity index (χ4n) is 4.45. The molecule has 0 amide bonds. The zero-order valence-corrected chi connectivity index (χ0v) is 20.1. The second kappa shape index (κ2) is 9.82. The number of alkyl halides is 3. The van der Waals surface area contributed by atoms with Crippen molar-refractivity contribution in [1.82, 2.24) is 19.9 Å². The summed E-state index contributed by atoms with van der Waals surface area (Å²) in [6.07, 6.45) is -3.29. The third-order valence-electron chi connectivity index (χ3n) is 5.87. The highest BCUT2D eigenvalue weighted by Crippen LogP contribution is 2.37. The first-order valence-corrected chi connectivity index (χ1v) is 11.1.